The first-order valence-electron chi connectivity index (χ1n) is 6.13. The van der Waals surface area contributed by atoms with Crippen molar-refractivity contribution >= 4 is 34.6 Å². The number of nitrogen functional groups attached to an aromatic ring is 1. The highest BCUT2D eigenvalue weighted by atomic mass is 35.5. The van der Waals surface area contributed by atoms with Crippen molar-refractivity contribution < 1.29 is 4.79 Å². The number of hydrogen-bond donors (Lipinski definition) is 3. The van der Waals surface area contributed by atoms with E-state index < -0.39 is 0 Å². The summed E-state index contributed by atoms with van der Waals surface area (Å²) in [5.74, 6) is -0.252. The van der Waals surface area contributed by atoms with Crippen molar-refractivity contribution in [3.05, 3.63) is 52.5 Å². The Labute approximate surface area is 127 Å². The molecule has 0 saturated heterocycles. The molecule has 0 aliphatic heterocycles. The zero-order chi connectivity index (χ0) is 15.4. The third-order valence-electron chi connectivity index (χ3n) is 2.89. The molecule has 0 bridgehead atoms. The molecule has 0 spiro atoms. The molecule has 2 rings (SSSR count). The standard InChI is InChI=1S/C15H13ClN4O/c1-19-15(21)12-5-4-11(18)7-14(12)20-13-6-10(16)3-2-9(13)8-17/h2-7,20H,18H2,1H3,(H,19,21). The maximum Gasteiger partial charge on any atom is 0.253 e. The summed E-state index contributed by atoms with van der Waals surface area (Å²) in [4.78, 5) is 11.9. The fourth-order valence-electron chi connectivity index (χ4n) is 1.86. The summed E-state index contributed by atoms with van der Waals surface area (Å²) in [6, 6.07) is 11.8. The number of halogens is 1. The molecule has 1 amide bonds. The van der Waals surface area contributed by atoms with Crippen molar-refractivity contribution in [3.63, 3.8) is 0 Å². The third-order valence-corrected chi connectivity index (χ3v) is 3.12. The number of nitrogens with two attached hydrogens (primary N) is 1. The minimum absolute atomic E-state index is 0.252. The fourth-order valence-corrected chi connectivity index (χ4v) is 2.03. The van der Waals surface area contributed by atoms with Gasteiger partial charge in [0, 0.05) is 17.8 Å². The fraction of sp³-hybridized carbons (Fsp3) is 0.0667. The zero-order valence-electron chi connectivity index (χ0n) is 11.3. The van der Waals surface area contributed by atoms with E-state index in [1.807, 2.05) is 0 Å². The first kappa shape index (κ1) is 14.7. The van der Waals surface area contributed by atoms with Crippen LogP contribution in [0.15, 0.2) is 36.4 Å². The van der Waals surface area contributed by atoms with Crippen molar-refractivity contribution in [2.45, 2.75) is 0 Å². The van der Waals surface area contributed by atoms with Crippen LogP contribution in [0.2, 0.25) is 5.02 Å². The highest BCUT2D eigenvalue weighted by Gasteiger charge is 2.12. The molecule has 4 N–H and O–H groups in total. The maximum absolute atomic E-state index is 11.9. The second-order valence-corrected chi connectivity index (χ2v) is 4.75. The van der Waals surface area contributed by atoms with Crippen LogP contribution in [0.4, 0.5) is 17.1 Å². The molecule has 0 radical (unpaired) electrons. The largest absolute Gasteiger partial charge is 0.399 e. The normalized spacial score (nSPS) is 9.76. The molecule has 2 aromatic rings. The van der Waals surface area contributed by atoms with E-state index in [1.165, 1.54) is 0 Å². The summed E-state index contributed by atoms with van der Waals surface area (Å²) in [5.41, 5.74) is 8.14. The average Bonchev–Trinajstić information content (AvgIpc) is 2.47. The van der Waals surface area contributed by atoms with Gasteiger partial charge in [-0.05, 0) is 36.4 Å². The molecule has 0 heterocycles. The Morgan fingerprint density at radius 3 is 2.67 bits per heavy atom. The number of benzene rings is 2. The summed E-state index contributed by atoms with van der Waals surface area (Å²) in [6.45, 7) is 0. The molecular weight excluding hydrogens is 288 g/mol. The Morgan fingerprint density at radius 2 is 2.00 bits per heavy atom. The lowest BCUT2D eigenvalue weighted by molar-refractivity contribution is 0.0964. The smallest absolute Gasteiger partial charge is 0.253 e. The molecule has 0 aliphatic carbocycles. The molecule has 2 aromatic carbocycles. The van der Waals surface area contributed by atoms with Crippen LogP contribution in [0.5, 0.6) is 0 Å². The summed E-state index contributed by atoms with van der Waals surface area (Å²) in [6.07, 6.45) is 0. The van der Waals surface area contributed by atoms with E-state index in [0.717, 1.165) is 0 Å². The third kappa shape index (κ3) is 3.25. The Morgan fingerprint density at radius 1 is 1.24 bits per heavy atom. The monoisotopic (exact) mass is 300 g/mol. The van der Waals surface area contributed by atoms with Crippen molar-refractivity contribution in [2.75, 3.05) is 18.1 Å². The first-order valence-corrected chi connectivity index (χ1v) is 6.51. The molecular formula is C15H13ClN4O. The number of nitrogens with one attached hydrogen (secondary N) is 2. The minimum atomic E-state index is -0.252. The van der Waals surface area contributed by atoms with Crippen LogP contribution in [-0.2, 0) is 0 Å². The van der Waals surface area contributed by atoms with Gasteiger partial charge in [-0.25, -0.2) is 0 Å². The highest BCUT2D eigenvalue weighted by Crippen LogP contribution is 2.27. The quantitative estimate of drug-likeness (QED) is 0.760. The van der Waals surface area contributed by atoms with Gasteiger partial charge < -0.3 is 16.4 Å². The average molecular weight is 301 g/mol. The molecule has 0 aromatic heterocycles. The predicted octanol–water partition coefficient (Wildman–Crippen LogP) is 2.90. The Kier molecular flexibility index (Phi) is 4.31. The Hall–Kier alpha value is -2.71. The summed E-state index contributed by atoms with van der Waals surface area (Å²) >= 11 is 5.95. The van der Waals surface area contributed by atoms with Gasteiger partial charge in [-0.15, -0.1) is 0 Å². The van der Waals surface area contributed by atoms with Gasteiger partial charge in [0.15, 0.2) is 0 Å². The Bertz CT molecular complexity index is 737. The van der Waals surface area contributed by atoms with Crippen molar-refractivity contribution in [1.82, 2.24) is 5.32 Å². The van der Waals surface area contributed by atoms with E-state index >= 15 is 0 Å². The van der Waals surface area contributed by atoms with Gasteiger partial charge >= 0.3 is 0 Å². The van der Waals surface area contributed by atoms with Gasteiger partial charge in [-0.3, -0.25) is 4.79 Å². The van der Waals surface area contributed by atoms with Gasteiger partial charge in [0.25, 0.3) is 5.91 Å². The van der Waals surface area contributed by atoms with E-state index in [4.69, 9.17) is 22.6 Å². The molecule has 0 unspecified atom stereocenters. The van der Waals surface area contributed by atoms with Crippen LogP contribution < -0.4 is 16.4 Å². The van der Waals surface area contributed by atoms with Crippen LogP contribution >= 0.6 is 11.6 Å². The molecule has 6 heteroatoms. The number of amides is 1. The minimum Gasteiger partial charge on any atom is -0.399 e. The Balaban J connectivity index is 2.49. The van der Waals surface area contributed by atoms with Crippen LogP contribution in [0.1, 0.15) is 15.9 Å². The summed E-state index contributed by atoms with van der Waals surface area (Å²) in [5, 5.41) is 15.2. The van der Waals surface area contributed by atoms with Gasteiger partial charge in [-0.1, -0.05) is 11.6 Å². The van der Waals surface area contributed by atoms with Gasteiger partial charge in [0.2, 0.25) is 0 Å². The van der Waals surface area contributed by atoms with Crippen molar-refractivity contribution in [2.24, 2.45) is 0 Å². The van der Waals surface area contributed by atoms with Crippen molar-refractivity contribution in [3.8, 4) is 6.07 Å². The van der Waals surface area contributed by atoms with Gasteiger partial charge in [0.1, 0.15) is 6.07 Å². The van der Waals surface area contributed by atoms with Crippen molar-refractivity contribution in [1.29, 1.82) is 5.26 Å². The van der Waals surface area contributed by atoms with Gasteiger partial charge in [-0.2, -0.15) is 5.26 Å². The lowest BCUT2D eigenvalue weighted by Gasteiger charge is -2.13. The number of carbonyl (C=O) groups is 1. The van der Waals surface area contributed by atoms with E-state index in [1.54, 1.807) is 43.4 Å². The molecule has 21 heavy (non-hydrogen) atoms. The molecule has 106 valence electrons. The second-order valence-electron chi connectivity index (χ2n) is 4.31. The van der Waals surface area contributed by atoms with E-state index in [0.29, 0.717) is 33.2 Å². The summed E-state index contributed by atoms with van der Waals surface area (Å²) in [7, 11) is 1.54. The summed E-state index contributed by atoms with van der Waals surface area (Å²) < 4.78 is 0. The molecule has 0 saturated carbocycles. The maximum atomic E-state index is 11.9. The number of carbonyl (C=O) groups excluding carboxylic acids is 1. The molecule has 0 aliphatic rings. The van der Waals surface area contributed by atoms with Gasteiger partial charge in [0.05, 0.1) is 22.5 Å². The van der Waals surface area contributed by atoms with E-state index in [-0.39, 0.29) is 5.91 Å². The highest BCUT2D eigenvalue weighted by molar-refractivity contribution is 6.31. The number of anilines is 3. The molecule has 5 nitrogen and oxygen atoms in total. The van der Waals surface area contributed by atoms with Crippen LogP contribution in [0, 0.1) is 11.3 Å². The number of rotatable bonds is 3. The van der Waals surface area contributed by atoms with Crippen LogP contribution in [0.3, 0.4) is 0 Å². The topological polar surface area (TPSA) is 90.9 Å². The van der Waals surface area contributed by atoms with Crippen LogP contribution in [-0.4, -0.2) is 13.0 Å². The lowest BCUT2D eigenvalue weighted by Crippen LogP contribution is -2.19. The molecule has 0 atom stereocenters. The second kappa shape index (κ2) is 6.16. The number of nitriles is 1. The van der Waals surface area contributed by atoms with Crippen LogP contribution in [0.25, 0.3) is 0 Å². The zero-order valence-corrected chi connectivity index (χ0v) is 12.0. The number of nitrogens with zero attached hydrogens (tertiary/aromatic N) is 1. The first-order chi connectivity index (χ1) is 10.0. The molecule has 0 fully saturated rings. The van der Waals surface area contributed by atoms with E-state index in [2.05, 4.69) is 16.7 Å². The van der Waals surface area contributed by atoms with E-state index in [9.17, 15) is 4.79 Å². The number of hydrogen-bond acceptors (Lipinski definition) is 4. The predicted molar refractivity (Wildman–Crippen MR) is 83.7 cm³/mol. The SMILES string of the molecule is CNC(=O)c1ccc(N)cc1Nc1cc(Cl)ccc1C#N. The lowest BCUT2D eigenvalue weighted by atomic mass is 10.1.